The van der Waals surface area contributed by atoms with Crippen LogP contribution in [-0.2, 0) is 0 Å². The van der Waals surface area contributed by atoms with E-state index in [2.05, 4.69) is 0 Å². The number of nitrogens with two attached hydrogens (primary N) is 2. The van der Waals surface area contributed by atoms with Gasteiger partial charge in [-0.1, -0.05) is 24.3 Å². The Hall–Kier alpha value is -3.53. The number of nitro groups is 1. The summed E-state index contributed by atoms with van der Waals surface area (Å²) in [6, 6.07) is 13.2. The number of benzene rings is 2. The molecule has 2 aromatic rings. The summed E-state index contributed by atoms with van der Waals surface area (Å²) in [7, 11) is 0. The minimum absolute atomic E-state index is 0.0752. The van der Waals surface area contributed by atoms with Gasteiger partial charge in [-0.05, 0) is 6.07 Å². The van der Waals surface area contributed by atoms with E-state index < -0.39 is 10.8 Å². The van der Waals surface area contributed by atoms with Crippen molar-refractivity contribution in [2.45, 2.75) is 5.92 Å². The van der Waals surface area contributed by atoms with Crippen LogP contribution in [0.4, 0.5) is 11.4 Å². The van der Waals surface area contributed by atoms with Crippen molar-refractivity contribution >= 4 is 11.4 Å². The average molecular weight is 308 g/mol. The van der Waals surface area contributed by atoms with Crippen LogP contribution < -0.4 is 16.2 Å². The minimum atomic E-state index is -0.675. The van der Waals surface area contributed by atoms with Crippen molar-refractivity contribution in [3.8, 4) is 11.8 Å². The fourth-order valence-corrected chi connectivity index (χ4v) is 2.69. The highest BCUT2D eigenvalue weighted by Gasteiger charge is 2.34. The molecule has 0 aliphatic carbocycles. The number of rotatable bonds is 2. The molecule has 2 aromatic carbocycles. The van der Waals surface area contributed by atoms with E-state index in [9.17, 15) is 15.4 Å². The summed E-state index contributed by atoms with van der Waals surface area (Å²) < 4.78 is 5.45. The van der Waals surface area contributed by atoms with E-state index in [-0.39, 0.29) is 17.1 Å². The van der Waals surface area contributed by atoms with Gasteiger partial charge in [0.1, 0.15) is 17.4 Å². The minimum Gasteiger partial charge on any atom is -0.440 e. The molecule has 0 aromatic heterocycles. The molecule has 0 amide bonds. The number of anilines is 1. The Balaban J connectivity index is 2.29. The lowest BCUT2D eigenvalue weighted by molar-refractivity contribution is -0.385. The summed E-state index contributed by atoms with van der Waals surface area (Å²) in [6.45, 7) is 0. The number of hydrogen-bond donors (Lipinski definition) is 2. The quantitative estimate of drug-likeness (QED) is 0.498. The maximum Gasteiger partial charge on any atom is 0.273 e. The lowest BCUT2D eigenvalue weighted by Crippen LogP contribution is -2.21. The van der Waals surface area contributed by atoms with Gasteiger partial charge < -0.3 is 16.2 Å². The van der Waals surface area contributed by atoms with E-state index in [1.807, 2.05) is 6.07 Å². The van der Waals surface area contributed by atoms with Gasteiger partial charge in [0.2, 0.25) is 5.88 Å². The molecule has 0 spiro atoms. The molecule has 7 nitrogen and oxygen atoms in total. The second-order valence-electron chi connectivity index (χ2n) is 5.04. The molecule has 1 aliphatic heterocycles. The molecule has 4 N–H and O–H groups in total. The zero-order valence-electron chi connectivity index (χ0n) is 11.9. The third kappa shape index (κ3) is 2.32. The number of nitrogens with zero attached hydrogens (tertiary/aromatic N) is 2. The van der Waals surface area contributed by atoms with Crippen molar-refractivity contribution in [2.24, 2.45) is 5.73 Å². The van der Waals surface area contributed by atoms with Crippen molar-refractivity contribution in [1.82, 2.24) is 0 Å². The average Bonchev–Trinajstić information content (AvgIpc) is 2.53. The molecule has 0 saturated carbocycles. The van der Waals surface area contributed by atoms with E-state index in [4.69, 9.17) is 16.2 Å². The molecule has 0 bridgehead atoms. The Morgan fingerprint density at radius 3 is 2.61 bits per heavy atom. The van der Waals surface area contributed by atoms with Gasteiger partial charge >= 0.3 is 0 Å². The standard InChI is InChI=1S/C16H12N4O3/c17-8-12-15(10-3-1-2-4-13(10)20(21)22)11-6-5-9(18)7-14(11)23-16(12)19/h1-7,15H,18-19H2/t15-/m1/s1. The Morgan fingerprint density at radius 1 is 1.17 bits per heavy atom. The van der Waals surface area contributed by atoms with Gasteiger partial charge in [0.05, 0.1) is 10.8 Å². The molecule has 7 heteroatoms. The number of nitrogen functional groups attached to an aromatic ring is 1. The van der Waals surface area contributed by atoms with Crippen LogP contribution in [0.15, 0.2) is 53.9 Å². The van der Waals surface area contributed by atoms with Crippen LogP contribution in [0.1, 0.15) is 17.0 Å². The van der Waals surface area contributed by atoms with Gasteiger partial charge in [-0.15, -0.1) is 0 Å². The van der Waals surface area contributed by atoms with Gasteiger partial charge in [-0.25, -0.2) is 0 Å². The molecule has 1 heterocycles. The first-order chi connectivity index (χ1) is 11.0. The van der Waals surface area contributed by atoms with Gasteiger partial charge in [-0.2, -0.15) is 5.26 Å². The van der Waals surface area contributed by atoms with Crippen molar-refractivity contribution in [1.29, 1.82) is 5.26 Å². The fraction of sp³-hybridized carbons (Fsp3) is 0.0625. The third-order valence-corrected chi connectivity index (χ3v) is 3.69. The lowest BCUT2D eigenvalue weighted by Gasteiger charge is -2.26. The van der Waals surface area contributed by atoms with Crippen LogP contribution in [0, 0.1) is 21.4 Å². The third-order valence-electron chi connectivity index (χ3n) is 3.69. The summed E-state index contributed by atoms with van der Waals surface area (Å²) >= 11 is 0. The maximum absolute atomic E-state index is 11.3. The first-order valence-corrected chi connectivity index (χ1v) is 6.73. The van der Waals surface area contributed by atoms with Crippen LogP contribution in [0.2, 0.25) is 0 Å². The topological polar surface area (TPSA) is 128 Å². The molecule has 23 heavy (non-hydrogen) atoms. The SMILES string of the molecule is N#CC1=C(N)Oc2cc(N)ccc2[C@H]1c1ccccc1[N+](=O)[O-]. The molecule has 1 aliphatic rings. The van der Waals surface area contributed by atoms with Crippen molar-refractivity contribution in [3.63, 3.8) is 0 Å². The Bertz CT molecular complexity index is 883. The lowest BCUT2D eigenvalue weighted by atomic mass is 9.82. The molecule has 114 valence electrons. The monoisotopic (exact) mass is 308 g/mol. The number of nitriles is 1. The molecular weight excluding hydrogens is 296 g/mol. The van der Waals surface area contributed by atoms with Crippen molar-refractivity contribution in [3.05, 3.63) is 75.2 Å². The molecule has 0 saturated heterocycles. The Morgan fingerprint density at radius 2 is 1.91 bits per heavy atom. The van der Waals surface area contributed by atoms with Crippen LogP contribution >= 0.6 is 0 Å². The van der Waals surface area contributed by atoms with Gasteiger partial charge in [0, 0.05) is 28.9 Å². The first-order valence-electron chi connectivity index (χ1n) is 6.73. The van der Waals surface area contributed by atoms with Gasteiger partial charge in [0.15, 0.2) is 0 Å². The zero-order chi connectivity index (χ0) is 16.6. The molecular formula is C16H12N4O3. The maximum atomic E-state index is 11.3. The van der Waals surface area contributed by atoms with Crippen molar-refractivity contribution < 1.29 is 9.66 Å². The Labute approximate surface area is 131 Å². The highest BCUT2D eigenvalue weighted by molar-refractivity contribution is 5.62. The highest BCUT2D eigenvalue weighted by atomic mass is 16.6. The Kier molecular flexibility index (Phi) is 3.35. The molecule has 0 unspecified atom stereocenters. The van der Waals surface area contributed by atoms with E-state index in [0.717, 1.165) is 0 Å². The zero-order valence-corrected chi connectivity index (χ0v) is 11.9. The van der Waals surface area contributed by atoms with E-state index >= 15 is 0 Å². The largest absolute Gasteiger partial charge is 0.440 e. The number of para-hydroxylation sites is 1. The van der Waals surface area contributed by atoms with E-state index in [1.54, 1.807) is 36.4 Å². The predicted octanol–water partition coefficient (Wildman–Crippen LogP) is 2.40. The molecule has 0 fully saturated rings. The van der Waals surface area contributed by atoms with E-state index in [1.165, 1.54) is 6.07 Å². The van der Waals surface area contributed by atoms with Crippen molar-refractivity contribution in [2.75, 3.05) is 5.73 Å². The first kappa shape index (κ1) is 14.4. The number of hydrogen-bond acceptors (Lipinski definition) is 6. The van der Waals surface area contributed by atoms with E-state index in [0.29, 0.717) is 22.6 Å². The van der Waals surface area contributed by atoms with Crippen LogP contribution in [-0.4, -0.2) is 4.92 Å². The number of allylic oxidation sites excluding steroid dienone is 1. The fourth-order valence-electron chi connectivity index (χ4n) is 2.69. The molecule has 3 rings (SSSR count). The van der Waals surface area contributed by atoms with Crippen LogP contribution in [0.25, 0.3) is 0 Å². The normalized spacial score (nSPS) is 16.2. The molecule has 0 radical (unpaired) electrons. The van der Waals surface area contributed by atoms with Crippen LogP contribution in [0.3, 0.4) is 0 Å². The predicted molar refractivity (Wildman–Crippen MR) is 83.2 cm³/mol. The number of ether oxygens (including phenoxy) is 1. The van der Waals surface area contributed by atoms with Gasteiger partial charge in [0.25, 0.3) is 5.69 Å². The number of fused-ring (bicyclic) bond motifs is 1. The summed E-state index contributed by atoms with van der Waals surface area (Å²) in [6.07, 6.45) is 0. The second kappa shape index (κ2) is 5.35. The van der Waals surface area contributed by atoms with Crippen LogP contribution in [0.5, 0.6) is 5.75 Å². The smallest absolute Gasteiger partial charge is 0.273 e. The second-order valence-corrected chi connectivity index (χ2v) is 5.04. The summed E-state index contributed by atoms with van der Waals surface area (Å²) in [5, 5.41) is 20.8. The summed E-state index contributed by atoms with van der Waals surface area (Å²) in [5.74, 6) is -0.357. The number of nitro benzene ring substituents is 1. The summed E-state index contributed by atoms with van der Waals surface area (Å²) in [4.78, 5) is 10.9. The molecule has 1 atom stereocenters. The highest BCUT2D eigenvalue weighted by Crippen LogP contribution is 2.45. The van der Waals surface area contributed by atoms with Gasteiger partial charge in [-0.3, -0.25) is 10.1 Å². The summed E-state index contributed by atoms with van der Waals surface area (Å²) in [5.41, 5.74) is 13.1.